The SMILES string of the molecule is CN1CC[C@@]2(COCCN(S(=O)(=O)c3cccs3)C2)C1. The Hall–Kier alpha value is -0.470. The van der Waals surface area contributed by atoms with Gasteiger partial charge < -0.3 is 9.64 Å². The molecule has 20 heavy (non-hydrogen) atoms. The molecular weight excluding hydrogens is 296 g/mol. The number of ether oxygens (including phenoxy) is 1. The smallest absolute Gasteiger partial charge is 0.252 e. The lowest BCUT2D eigenvalue weighted by Crippen LogP contribution is -2.42. The van der Waals surface area contributed by atoms with Crippen molar-refractivity contribution >= 4 is 21.4 Å². The van der Waals surface area contributed by atoms with Gasteiger partial charge in [-0.2, -0.15) is 4.31 Å². The second kappa shape index (κ2) is 5.38. The molecule has 0 aromatic carbocycles. The molecular formula is C13H20N2O3S2. The normalized spacial score (nSPS) is 29.9. The summed E-state index contributed by atoms with van der Waals surface area (Å²) in [7, 11) is -1.29. The van der Waals surface area contributed by atoms with E-state index in [9.17, 15) is 8.42 Å². The predicted octanol–water partition coefficient (Wildman–Crippen LogP) is 1.09. The largest absolute Gasteiger partial charge is 0.379 e. The molecule has 2 saturated heterocycles. The van der Waals surface area contributed by atoms with Crippen LogP contribution in [-0.4, -0.2) is 64.1 Å². The summed E-state index contributed by atoms with van der Waals surface area (Å²) in [6.07, 6.45) is 1.000. The van der Waals surface area contributed by atoms with Crippen LogP contribution in [0.25, 0.3) is 0 Å². The Morgan fingerprint density at radius 2 is 2.20 bits per heavy atom. The maximum absolute atomic E-state index is 12.7. The summed E-state index contributed by atoms with van der Waals surface area (Å²) < 4.78 is 33.1. The van der Waals surface area contributed by atoms with E-state index in [1.807, 2.05) is 0 Å². The van der Waals surface area contributed by atoms with Crippen LogP contribution in [0.15, 0.2) is 21.7 Å². The number of sulfonamides is 1. The average Bonchev–Trinajstić information content (AvgIpc) is 2.99. The lowest BCUT2D eigenvalue weighted by atomic mass is 9.88. The summed E-state index contributed by atoms with van der Waals surface area (Å²) in [6.45, 7) is 4.08. The summed E-state index contributed by atoms with van der Waals surface area (Å²) in [5.74, 6) is 0. The number of rotatable bonds is 2. The zero-order chi connectivity index (χ0) is 14.2. The molecule has 0 saturated carbocycles. The van der Waals surface area contributed by atoms with Crippen LogP contribution in [0.3, 0.4) is 0 Å². The average molecular weight is 316 g/mol. The van der Waals surface area contributed by atoms with Gasteiger partial charge in [0.05, 0.1) is 13.2 Å². The fourth-order valence-electron chi connectivity index (χ4n) is 3.10. The van der Waals surface area contributed by atoms with E-state index in [-0.39, 0.29) is 5.41 Å². The van der Waals surface area contributed by atoms with Gasteiger partial charge in [0.2, 0.25) is 0 Å². The third-order valence-corrected chi connectivity index (χ3v) is 7.34. The minimum absolute atomic E-state index is 0.0461. The van der Waals surface area contributed by atoms with Gasteiger partial charge in [0.15, 0.2) is 0 Å². The Labute approximate surface area is 124 Å². The van der Waals surface area contributed by atoms with E-state index in [1.165, 1.54) is 11.3 Å². The van der Waals surface area contributed by atoms with Crippen LogP contribution in [-0.2, 0) is 14.8 Å². The van der Waals surface area contributed by atoms with Gasteiger partial charge in [-0.1, -0.05) is 6.07 Å². The van der Waals surface area contributed by atoms with E-state index in [0.717, 1.165) is 19.5 Å². The van der Waals surface area contributed by atoms with Crippen LogP contribution >= 0.6 is 11.3 Å². The zero-order valence-corrected chi connectivity index (χ0v) is 13.3. The van der Waals surface area contributed by atoms with Crippen LogP contribution in [0.4, 0.5) is 0 Å². The Kier molecular flexibility index (Phi) is 3.89. The van der Waals surface area contributed by atoms with Crippen molar-refractivity contribution in [2.75, 3.05) is 46.4 Å². The van der Waals surface area contributed by atoms with Crippen molar-refractivity contribution in [1.82, 2.24) is 9.21 Å². The number of thiophene rings is 1. The molecule has 2 aliphatic heterocycles. The fraction of sp³-hybridized carbons (Fsp3) is 0.692. The minimum atomic E-state index is -3.37. The first-order valence-electron chi connectivity index (χ1n) is 6.82. The summed E-state index contributed by atoms with van der Waals surface area (Å²) in [5.41, 5.74) is -0.0461. The van der Waals surface area contributed by atoms with Gasteiger partial charge in [-0.15, -0.1) is 11.3 Å². The van der Waals surface area contributed by atoms with Gasteiger partial charge in [-0.3, -0.25) is 0 Å². The van der Waals surface area contributed by atoms with Crippen molar-refractivity contribution in [3.63, 3.8) is 0 Å². The van der Waals surface area contributed by atoms with Crippen molar-refractivity contribution in [2.45, 2.75) is 10.6 Å². The van der Waals surface area contributed by atoms with E-state index in [0.29, 0.717) is 30.5 Å². The molecule has 112 valence electrons. The molecule has 1 aromatic heterocycles. The Balaban J connectivity index is 1.86. The van der Waals surface area contributed by atoms with Crippen LogP contribution in [0.2, 0.25) is 0 Å². The summed E-state index contributed by atoms with van der Waals surface area (Å²) in [4.78, 5) is 2.25. The van der Waals surface area contributed by atoms with Gasteiger partial charge in [-0.05, 0) is 31.5 Å². The van der Waals surface area contributed by atoms with Gasteiger partial charge >= 0.3 is 0 Å². The van der Waals surface area contributed by atoms with E-state index in [4.69, 9.17) is 4.74 Å². The lowest BCUT2D eigenvalue weighted by molar-refractivity contribution is 0.0744. The molecule has 0 amide bonds. The number of hydrogen-bond donors (Lipinski definition) is 0. The first-order chi connectivity index (χ1) is 9.52. The molecule has 0 bridgehead atoms. The molecule has 0 N–H and O–H groups in total. The first kappa shape index (κ1) is 14.5. The van der Waals surface area contributed by atoms with E-state index in [2.05, 4.69) is 11.9 Å². The van der Waals surface area contributed by atoms with Gasteiger partial charge in [0.1, 0.15) is 4.21 Å². The molecule has 5 nitrogen and oxygen atoms in total. The molecule has 0 unspecified atom stereocenters. The topological polar surface area (TPSA) is 49.9 Å². The molecule has 1 atom stereocenters. The highest BCUT2D eigenvalue weighted by Crippen LogP contribution is 2.34. The Bertz CT molecular complexity index is 558. The quantitative estimate of drug-likeness (QED) is 0.819. The van der Waals surface area contributed by atoms with Crippen LogP contribution in [0, 0.1) is 5.41 Å². The van der Waals surface area contributed by atoms with Crippen molar-refractivity contribution in [3.8, 4) is 0 Å². The molecule has 2 aliphatic rings. The van der Waals surface area contributed by atoms with Crippen LogP contribution in [0.5, 0.6) is 0 Å². The van der Waals surface area contributed by atoms with Gasteiger partial charge in [0, 0.05) is 25.0 Å². The Morgan fingerprint density at radius 3 is 2.85 bits per heavy atom. The van der Waals surface area contributed by atoms with Crippen molar-refractivity contribution < 1.29 is 13.2 Å². The number of hydrogen-bond acceptors (Lipinski definition) is 5. The van der Waals surface area contributed by atoms with E-state index >= 15 is 0 Å². The summed E-state index contributed by atoms with van der Waals surface area (Å²) >= 11 is 1.28. The molecule has 3 heterocycles. The second-order valence-corrected chi connectivity index (χ2v) is 8.92. The molecule has 3 rings (SSSR count). The summed E-state index contributed by atoms with van der Waals surface area (Å²) in [5, 5.41) is 1.81. The standard InChI is InChI=1S/C13H20N2O3S2/c1-14-5-4-13(9-14)10-15(6-7-18-11-13)20(16,17)12-3-2-8-19-12/h2-3,8H,4-7,9-11H2,1H3/t13-/m1/s1. The molecule has 2 fully saturated rings. The molecule has 1 spiro atoms. The zero-order valence-electron chi connectivity index (χ0n) is 11.6. The lowest BCUT2D eigenvalue weighted by Gasteiger charge is -2.30. The molecule has 1 aromatic rings. The van der Waals surface area contributed by atoms with Crippen LogP contribution in [0.1, 0.15) is 6.42 Å². The highest BCUT2D eigenvalue weighted by Gasteiger charge is 2.43. The maximum Gasteiger partial charge on any atom is 0.252 e. The molecule has 0 radical (unpaired) electrons. The van der Waals surface area contributed by atoms with Crippen molar-refractivity contribution in [1.29, 1.82) is 0 Å². The number of likely N-dealkylation sites (tertiary alicyclic amines) is 1. The third-order valence-electron chi connectivity index (χ3n) is 4.12. The monoisotopic (exact) mass is 316 g/mol. The number of nitrogens with zero attached hydrogens (tertiary/aromatic N) is 2. The molecule has 7 heteroatoms. The highest BCUT2D eigenvalue weighted by molar-refractivity contribution is 7.91. The second-order valence-electron chi connectivity index (χ2n) is 5.81. The van der Waals surface area contributed by atoms with Gasteiger partial charge in [0.25, 0.3) is 10.0 Å². The van der Waals surface area contributed by atoms with Gasteiger partial charge in [-0.25, -0.2) is 8.42 Å². The highest BCUT2D eigenvalue weighted by atomic mass is 32.2. The first-order valence-corrected chi connectivity index (χ1v) is 9.14. The van der Waals surface area contributed by atoms with Crippen molar-refractivity contribution in [2.24, 2.45) is 5.41 Å². The summed E-state index contributed by atoms with van der Waals surface area (Å²) in [6, 6.07) is 3.46. The minimum Gasteiger partial charge on any atom is -0.379 e. The fourth-order valence-corrected chi connectivity index (χ4v) is 5.78. The van der Waals surface area contributed by atoms with Crippen molar-refractivity contribution in [3.05, 3.63) is 17.5 Å². The molecule has 0 aliphatic carbocycles. The third kappa shape index (κ3) is 2.65. The van der Waals surface area contributed by atoms with E-state index < -0.39 is 10.0 Å². The predicted molar refractivity (Wildman–Crippen MR) is 78.4 cm³/mol. The maximum atomic E-state index is 12.7. The Morgan fingerprint density at radius 1 is 1.35 bits per heavy atom. The van der Waals surface area contributed by atoms with Crippen LogP contribution < -0.4 is 0 Å². The van der Waals surface area contributed by atoms with E-state index in [1.54, 1.807) is 21.8 Å².